The lowest BCUT2D eigenvalue weighted by atomic mass is 9.83. The normalized spacial score (nSPS) is 22.2. The quantitative estimate of drug-likeness (QED) is 0.493. The number of methoxy groups -OCH3 is 1. The summed E-state index contributed by atoms with van der Waals surface area (Å²) in [5, 5.41) is 7.65. The zero-order chi connectivity index (χ0) is 22.7. The van der Waals surface area contributed by atoms with Gasteiger partial charge in [-0.1, -0.05) is 44.9 Å². The van der Waals surface area contributed by atoms with Crippen LogP contribution in [0.3, 0.4) is 0 Å². The number of nitrogens with zero attached hydrogens (tertiary/aromatic N) is 2. The fourth-order valence-corrected chi connectivity index (χ4v) is 5.90. The van der Waals surface area contributed by atoms with E-state index in [1.54, 1.807) is 0 Å². The number of thiazole rings is 1. The highest BCUT2D eigenvalue weighted by Crippen LogP contribution is 2.36. The summed E-state index contributed by atoms with van der Waals surface area (Å²) in [4.78, 5) is 56.9. The molecule has 10 heteroatoms. The van der Waals surface area contributed by atoms with Crippen LogP contribution >= 0.6 is 11.3 Å². The summed E-state index contributed by atoms with van der Waals surface area (Å²) in [7, 11) is 1.26. The van der Waals surface area contributed by atoms with Crippen molar-refractivity contribution in [1.29, 1.82) is 0 Å². The molecule has 3 amide bonds. The molecule has 1 spiro atoms. The molecule has 2 N–H and O–H groups in total. The fraction of sp³-hybridized carbons (Fsp3) is 0.682. The number of hydrogen-bond acceptors (Lipinski definition) is 8. The summed E-state index contributed by atoms with van der Waals surface area (Å²) in [6.07, 6.45) is 9.03. The first kappa shape index (κ1) is 22.8. The predicted octanol–water partition coefficient (Wildman–Crippen LogP) is 2.48. The van der Waals surface area contributed by atoms with Crippen LogP contribution in [0.15, 0.2) is 5.38 Å². The average Bonchev–Trinajstić information content (AvgIpc) is 3.47. The highest BCUT2D eigenvalue weighted by molar-refractivity contribution is 7.14. The van der Waals surface area contributed by atoms with Crippen LogP contribution in [0.25, 0.3) is 0 Å². The number of anilines is 1. The second-order valence-electron chi connectivity index (χ2n) is 8.99. The molecule has 1 saturated heterocycles. The summed E-state index contributed by atoms with van der Waals surface area (Å²) in [5.74, 6) is -1.37. The van der Waals surface area contributed by atoms with Crippen molar-refractivity contribution in [1.82, 2.24) is 15.2 Å². The monoisotopic (exact) mass is 462 g/mol. The van der Waals surface area contributed by atoms with E-state index in [0.717, 1.165) is 49.9 Å². The topological polar surface area (TPSA) is 118 Å². The van der Waals surface area contributed by atoms with Crippen LogP contribution < -0.4 is 10.6 Å². The molecule has 4 rings (SSSR count). The second kappa shape index (κ2) is 9.66. The lowest BCUT2D eigenvalue weighted by molar-refractivity contribution is -0.159. The molecule has 2 heterocycles. The number of amides is 3. The van der Waals surface area contributed by atoms with Gasteiger partial charge >= 0.3 is 5.97 Å². The number of nitrogens with one attached hydrogen (secondary N) is 2. The van der Waals surface area contributed by atoms with Gasteiger partial charge in [0.1, 0.15) is 6.04 Å². The van der Waals surface area contributed by atoms with E-state index in [9.17, 15) is 19.2 Å². The molecule has 3 fully saturated rings. The van der Waals surface area contributed by atoms with Crippen molar-refractivity contribution in [2.45, 2.75) is 75.8 Å². The smallest absolute Gasteiger partial charge is 0.357 e. The molecule has 0 radical (unpaired) electrons. The molecule has 32 heavy (non-hydrogen) atoms. The van der Waals surface area contributed by atoms with E-state index in [0.29, 0.717) is 19.3 Å². The average molecular weight is 463 g/mol. The first-order valence-corrected chi connectivity index (χ1v) is 12.3. The molecule has 9 nitrogen and oxygen atoms in total. The molecule has 3 aliphatic rings. The van der Waals surface area contributed by atoms with Gasteiger partial charge in [-0.2, -0.15) is 0 Å². The maximum absolute atomic E-state index is 13.5. The maximum atomic E-state index is 13.5. The minimum atomic E-state index is -0.886. The van der Waals surface area contributed by atoms with Crippen molar-refractivity contribution < 1.29 is 23.9 Å². The van der Waals surface area contributed by atoms with Crippen molar-refractivity contribution in [3.63, 3.8) is 0 Å². The molecule has 1 aromatic heterocycles. The Labute approximate surface area is 191 Å². The van der Waals surface area contributed by atoms with Gasteiger partial charge in [0.15, 0.2) is 10.8 Å². The number of hydrogen-bond donors (Lipinski definition) is 2. The molecule has 1 aromatic rings. The lowest BCUT2D eigenvalue weighted by Gasteiger charge is -2.42. The molecular weight excluding hydrogens is 432 g/mol. The summed E-state index contributed by atoms with van der Waals surface area (Å²) < 4.78 is 4.67. The Kier molecular flexibility index (Phi) is 6.90. The van der Waals surface area contributed by atoms with E-state index in [2.05, 4.69) is 20.4 Å². The Morgan fingerprint density at radius 2 is 1.97 bits per heavy atom. The van der Waals surface area contributed by atoms with Crippen LogP contribution in [-0.4, -0.2) is 58.8 Å². The maximum Gasteiger partial charge on any atom is 0.357 e. The number of carbonyl (C=O) groups is 4. The fourth-order valence-electron chi connectivity index (χ4n) is 5.22. The molecule has 174 valence electrons. The van der Waals surface area contributed by atoms with Crippen LogP contribution in [0.1, 0.15) is 74.7 Å². The van der Waals surface area contributed by atoms with Crippen molar-refractivity contribution in [2.24, 2.45) is 5.92 Å². The summed E-state index contributed by atoms with van der Waals surface area (Å²) in [6, 6.07) is -0.886. The van der Waals surface area contributed by atoms with E-state index < -0.39 is 23.5 Å². The van der Waals surface area contributed by atoms with E-state index in [4.69, 9.17) is 0 Å². The first-order chi connectivity index (χ1) is 15.4. The Morgan fingerprint density at radius 1 is 1.25 bits per heavy atom. The summed E-state index contributed by atoms with van der Waals surface area (Å²) in [6.45, 7) is 0.0595. The predicted molar refractivity (Wildman–Crippen MR) is 118 cm³/mol. The second-order valence-corrected chi connectivity index (χ2v) is 9.84. The standard InChI is InChI=1S/C22H30N4O5S/c1-31-19(29)15-13-32-21(24-15)25-18(28)16(11-14-7-3-2-4-8-14)26-17(27)12-23-22(20(26)30)9-5-6-10-22/h13-14,16,23H,2-12H2,1H3,(H,24,25,28). The molecule has 2 saturated carbocycles. The molecular formula is C22H30N4O5S. The van der Waals surface area contributed by atoms with Crippen LogP contribution in [0, 0.1) is 5.92 Å². The van der Waals surface area contributed by atoms with Crippen molar-refractivity contribution >= 4 is 40.2 Å². The van der Waals surface area contributed by atoms with Gasteiger partial charge in [-0.15, -0.1) is 11.3 Å². The number of rotatable bonds is 6. The zero-order valence-electron chi connectivity index (χ0n) is 18.4. The molecule has 1 unspecified atom stereocenters. The van der Waals surface area contributed by atoms with E-state index in [1.165, 1.54) is 23.8 Å². The van der Waals surface area contributed by atoms with E-state index in [-0.39, 0.29) is 35.1 Å². The Morgan fingerprint density at radius 3 is 2.66 bits per heavy atom. The van der Waals surface area contributed by atoms with Gasteiger partial charge in [-0.25, -0.2) is 9.78 Å². The zero-order valence-corrected chi connectivity index (χ0v) is 19.2. The van der Waals surface area contributed by atoms with Gasteiger partial charge < -0.3 is 10.1 Å². The van der Waals surface area contributed by atoms with Crippen molar-refractivity contribution in [2.75, 3.05) is 19.0 Å². The Balaban J connectivity index is 1.58. The van der Waals surface area contributed by atoms with Gasteiger partial charge in [0, 0.05) is 5.38 Å². The minimum Gasteiger partial charge on any atom is -0.464 e. The van der Waals surface area contributed by atoms with E-state index in [1.807, 2.05) is 0 Å². The van der Waals surface area contributed by atoms with Crippen LogP contribution in [0.2, 0.25) is 0 Å². The summed E-state index contributed by atoms with van der Waals surface area (Å²) in [5.41, 5.74) is -0.631. The number of carbonyl (C=O) groups excluding carboxylic acids is 4. The van der Waals surface area contributed by atoms with Gasteiger partial charge in [0.25, 0.3) is 0 Å². The third-order valence-corrected chi connectivity index (χ3v) is 7.71. The van der Waals surface area contributed by atoms with Gasteiger partial charge in [0.05, 0.1) is 19.2 Å². The third-order valence-electron chi connectivity index (χ3n) is 6.96. The number of esters is 1. The van der Waals surface area contributed by atoms with Crippen molar-refractivity contribution in [3.8, 4) is 0 Å². The molecule has 0 bridgehead atoms. The Hall–Kier alpha value is -2.33. The number of imide groups is 1. The van der Waals surface area contributed by atoms with E-state index >= 15 is 0 Å². The SMILES string of the molecule is COC(=O)c1csc(NC(=O)C(CC2CCCCC2)N2C(=O)CNC3(CCCC3)C2=O)n1. The lowest BCUT2D eigenvalue weighted by Crippen LogP contribution is -2.68. The highest BCUT2D eigenvalue weighted by atomic mass is 32.1. The molecule has 0 aromatic carbocycles. The summed E-state index contributed by atoms with van der Waals surface area (Å²) >= 11 is 1.11. The van der Waals surface area contributed by atoms with Crippen LogP contribution in [0.4, 0.5) is 5.13 Å². The highest BCUT2D eigenvalue weighted by Gasteiger charge is 2.51. The van der Waals surface area contributed by atoms with Crippen molar-refractivity contribution in [3.05, 3.63) is 11.1 Å². The molecule has 1 aliphatic heterocycles. The minimum absolute atomic E-state index is 0.0595. The van der Waals surface area contributed by atoms with Gasteiger partial charge in [0.2, 0.25) is 17.7 Å². The molecule has 2 aliphatic carbocycles. The first-order valence-electron chi connectivity index (χ1n) is 11.4. The van der Waals surface area contributed by atoms with Gasteiger partial charge in [-0.05, 0) is 25.2 Å². The Bertz CT molecular complexity index is 889. The number of aromatic nitrogens is 1. The number of piperazine rings is 1. The largest absolute Gasteiger partial charge is 0.464 e. The van der Waals surface area contributed by atoms with Gasteiger partial charge in [-0.3, -0.25) is 24.6 Å². The molecule has 1 atom stereocenters. The van der Waals surface area contributed by atoms with Crippen LogP contribution in [0.5, 0.6) is 0 Å². The number of ether oxygens (including phenoxy) is 1. The van der Waals surface area contributed by atoms with Crippen LogP contribution in [-0.2, 0) is 19.1 Å². The third kappa shape index (κ3) is 4.56.